The first kappa shape index (κ1) is 18.8. The van der Waals surface area contributed by atoms with Gasteiger partial charge in [-0.25, -0.2) is 0 Å². The molecule has 0 amide bonds. The van der Waals surface area contributed by atoms with Crippen molar-refractivity contribution >= 4 is 34.1 Å². The smallest absolute Gasteiger partial charge is 0.105 e. The van der Waals surface area contributed by atoms with E-state index in [1.165, 1.54) is 11.3 Å². The van der Waals surface area contributed by atoms with Gasteiger partial charge in [-0.1, -0.05) is 23.2 Å². The first-order chi connectivity index (χ1) is 12.9. The lowest BCUT2D eigenvalue weighted by Crippen LogP contribution is -2.29. The predicted molar refractivity (Wildman–Crippen MR) is 111 cm³/mol. The van der Waals surface area contributed by atoms with Gasteiger partial charge in [-0.05, 0) is 55.8 Å². The van der Waals surface area contributed by atoms with Crippen LogP contribution in [0.25, 0.3) is 10.9 Å². The average molecular weight is 404 g/mol. The van der Waals surface area contributed by atoms with Gasteiger partial charge in [0.05, 0.1) is 22.1 Å². The van der Waals surface area contributed by atoms with Crippen LogP contribution in [0.15, 0.2) is 36.7 Å². The normalized spacial score (nSPS) is 17.5. The zero-order valence-corrected chi connectivity index (χ0v) is 17.1. The summed E-state index contributed by atoms with van der Waals surface area (Å²) in [5.74, 6) is 0. The van der Waals surface area contributed by atoms with E-state index in [1.807, 2.05) is 31.2 Å². The summed E-state index contributed by atoms with van der Waals surface area (Å²) < 4.78 is 2.23. The number of hydrogen-bond donors (Lipinski definition) is 1. The molecule has 1 aliphatic heterocycles. The second-order valence-electron chi connectivity index (χ2n) is 7.58. The zero-order valence-electron chi connectivity index (χ0n) is 15.5. The summed E-state index contributed by atoms with van der Waals surface area (Å²) in [6, 6.07) is 7.59. The summed E-state index contributed by atoms with van der Waals surface area (Å²) in [5.41, 5.74) is 3.36. The van der Waals surface area contributed by atoms with Crippen LogP contribution < -0.4 is 0 Å². The van der Waals surface area contributed by atoms with Crippen LogP contribution in [0.3, 0.4) is 0 Å². The third kappa shape index (κ3) is 3.36. The fraction of sp³-hybridized carbons (Fsp3) is 0.381. The zero-order chi connectivity index (χ0) is 19.2. The number of pyridine rings is 1. The fourth-order valence-corrected chi connectivity index (χ4v) is 4.49. The Kier molecular flexibility index (Phi) is 4.93. The fourth-order valence-electron chi connectivity index (χ4n) is 4.06. The number of aliphatic hydroxyl groups is 1. The summed E-state index contributed by atoms with van der Waals surface area (Å²) in [5, 5.41) is 13.5. The van der Waals surface area contributed by atoms with Crippen molar-refractivity contribution in [2.75, 3.05) is 20.1 Å². The minimum Gasteiger partial charge on any atom is -0.384 e. The second-order valence-corrected chi connectivity index (χ2v) is 8.37. The predicted octanol–water partition coefficient (Wildman–Crippen LogP) is 4.28. The van der Waals surface area contributed by atoms with Crippen molar-refractivity contribution in [1.82, 2.24) is 14.5 Å². The maximum Gasteiger partial charge on any atom is 0.105 e. The number of halogens is 2. The van der Waals surface area contributed by atoms with Gasteiger partial charge in [0.1, 0.15) is 5.60 Å². The van der Waals surface area contributed by atoms with Crippen LogP contribution in [0.5, 0.6) is 0 Å². The number of nitrogens with zero attached hydrogens (tertiary/aromatic N) is 3. The third-order valence-electron chi connectivity index (χ3n) is 5.58. The minimum absolute atomic E-state index is 0.449. The molecule has 0 saturated carbocycles. The van der Waals surface area contributed by atoms with Gasteiger partial charge in [0, 0.05) is 43.0 Å². The van der Waals surface area contributed by atoms with E-state index in [4.69, 9.17) is 23.2 Å². The quantitative estimate of drug-likeness (QED) is 0.709. The highest BCUT2D eigenvalue weighted by Gasteiger charge is 2.29. The van der Waals surface area contributed by atoms with Gasteiger partial charge in [0.15, 0.2) is 0 Å². The molecule has 0 aliphatic carbocycles. The molecule has 2 aromatic heterocycles. The van der Waals surface area contributed by atoms with Gasteiger partial charge in [-0.3, -0.25) is 4.98 Å². The summed E-state index contributed by atoms with van der Waals surface area (Å²) in [7, 11) is 2.14. The molecular formula is C21H23Cl2N3O. The minimum atomic E-state index is -1.02. The molecule has 1 aromatic carbocycles. The monoisotopic (exact) mass is 403 g/mol. The molecule has 3 heterocycles. The molecule has 4 nitrogen and oxygen atoms in total. The Morgan fingerprint density at radius 3 is 2.56 bits per heavy atom. The Morgan fingerprint density at radius 1 is 1.11 bits per heavy atom. The standard InChI is InChI=1S/C21H23Cl2N3O/c1-21(27,14-5-9-24-10-6-14)13-26-17-8-12-25(2)11-7-15(17)19-18(26)4-3-16(22)20(19)23/h3-6,9-10,27H,7-8,11-13H2,1-2H3. The van der Waals surface area contributed by atoms with E-state index in [1.54, 1.807) is 12.4 Å². The molecule has 6 heteroatoms. The van der Waals surface area contributed by atoms with Crippen LogP contribution in [0.1, 0.15) is 23.7 Å². The molecule has 0 fully saturated rings. The number of hydrogen-bond acceptors (Lipinski definition) is 3. The van der Waals surface area contributed by atoms with Crippen molar-refractivity contribution in [3.8, 4) is 0 Å². The van der Waals surface area contributed by atoms with Crippen molar-refractivity contribution < 1.29 is 5.11 Å². The number of fused-ring (bicyclic) bond motifs is 3. The van der Waals surface area contributed by atoms with Crippen LogP contribution >= 0.6 is 23.2 Å². The molecule has 0 radical (unpaired) electrons. The van der Waals surface area contributed by atoms with E-state index < -0.39 is 5.60 Å². The summed E-state index contributed by atoms with van der Waals surface area (Å²) >= 11 is 13.0. The first-order valence-corrected chi connectivity index (χ1v) is 9.93. The Morgan fingerprint density at radius 2 is 1.81 bits per heavy atom. The lowest BCUT2D eigenvalue weighted by atomic mass is 9.97. The maximum absolute atomic E-state index is 11.2. The Hall–Kier alpha value is -1.59. The lowest BCUT2D eigenvalue weighted by molar-refractivity contribution is 0.0387. The van der Waals surface area contributed by atoms with Gasteiger partial charge in [0.25, 0.3) is 0 Å². The maximum atomic E-state index is 11.2. The Bertz CT molecular complexity index is 982. The van der Waals surface area contributed by atoms with Crippen molar-refractivity contribution in [2.24, 2.45) is 0 Å². The molecule has 1 unspecified atom stereocenters. The molecule has 3 aromatic rings. The van der Waals surface area contributed by atoms with Crippen LogP contribution in [0.2, 0.25) is 10.0 Å². The molecule has 1 atom stereocenters. The second kappa shape index (κ2) is 7.10. The summed E-state index contributed by atoms with van der Waals surface area (Å²) in [6.07, 6.45) is 5.26. The molecule has 0 saturated heterocycles. The van der Waals surface area contributed by atoms with Gasteiger partial charge < -0.3 is 14.6 Å². The highest BCUT2D eigenvalue weighted by Crippen LogP contribution is 2.39. The largest absolute Gasteiger partial charge is 0.384 e. The molecular weight excluding hydrogens is 381 g/mol. The van der Waals surface area contributed by atoms with E-state index in [0.29, 0.717) is 16.6 Å². The van der Waals surface area contributed by atoms with Crippen LogP contribution in [0, 0.1) is 0 Å². The van der Waals surface area contributed by atoms with E-state index in [2.05, 4.69) is 21.5 Å². The van der Waals surface area contributed by atoms with Crippen molar-refractivity contribution in [2.45, 2.75) is 31.9 Å². The summed E-state index contributed by atoms with van der Waals surface area (Å²) in [4.78, 5) is 6.39. The third-order valence-corrected chi connectivity index (χ3v) is 6.39. The Balaban J connectivity index is 1.89. The number of likely N-dealkylation sites (N-methyl/N-ethyl adjacent to an activating group) is 1. The highest BCUT2D eigenvalue weighted by atomic mass is 35.5. The molecule has 4 rings (SSSR count). The molecule has 1 aliphatic rings. The van der Waals surface area contributed by atoms with E-state index in [0.717, 1.165) is 42.4 Å². The van der Waals surface area contributed by atoms with Gasteiger partial charge in [-0.2, -0.15) is 0 Å². The first-order valence-electron chi connectivity index (χ1n) is 9.18. The molecule has 0 bridgehead atoms. The van der Waals surface area contributed by atoms with Crippen molar-refractivity contribution in [3.63, 3.8) is 0 Å². The molecule has 27 heavy (non-hydrogen) atoms. The lowest BCUT2D eigenvalue weighted by Gasteiger charge is -2.26. The number of benzene rings is 1. The van der Waals surface area contributed by atoms with Crippen LogP contribution in [-0.2, 0) is 25.0 Å². The molecule has 142 valence electrons. The Labute approximate surface area is 169 Å². The molecule has 1 N–H and O–H groups in total. The number of aromatic nitrogens is 2. The van der Waals surface area contributed by atoms with E-state index in [-0.39, 0.29) is 0 Å². The van der Waals surface area contributed by atoms with Gasteiger partial charge >= 0.3 is 0 Å². The van der Waals surface area contributed by atoms with Crippen molar-refractivity contribution in [3.05, 3.63) is 63.5 Å². The van der Waals surface area contributed by atoms with Crippen LogP contribution in [-0.4, -0.2) is 39.7 Å². The van der Waals surface area contributed by atoms with Crippen molar-refractivity contribution in [1.29, 1.82) is 0 Å². The topological polar surface area (TPSA) is 41.3 Å². The molecule has 0 spiro atoms. The van der Waals surface area contributed by atoms with Gasteiger partial charge in [-0.15, -0.1) is 0 Å². The summed E-state index contributed by atoms with van der Waals surface area (Å²) in [6.45, 7) is 4.26. The van der Waals surface area contributed by atoms with Crippen LogP contribution in [0.4, 0.5) is 0 Å². The van der Waals surface area contributed by atoms with E-state index in [9.17, 15) is 5.11 Å². The average Bonchev–Trinajstić information content (AvgIpc) is 2.80. The number of rotatable bonds is 3. The SMILES string of the molecule is CN1CCc2c(n(CC(C)(O)c3ccncc3)c3ccc(Cl)c(Cl)c23)CC1. The van der Waals surface area contributed by atoms with Gasteiger partial charge in [0.2, 0.25) is 0 Å². The highest BCUT2D eigenvalue weighted by molar-refractivity contribution is 6.45. The van der Waals surface area contributed by atoms with E-state index >= 15 is 0 Å².